The van der Waals surface area contributed by atoms with Gasteiger partial charge >= 0.3 is 0 Å². The van der Waals surface area contributed by atoms with Crippen molar-refractivity contribution in [1.29, 1.82) is 0 Å². The minimum atomic E-state index is -0.925. The summed E-state index contributed by atoms with van der Waals surface area (Å²) in [6, 6.07) is 7.56. The molecule has 0 unspecified atom stereocenters. The van der Waals surface area contributed by atoms with Gasteiger partial charge in [0.2, 0.25) is 6.39 Å². The predicted molar refractivity (Wildman–Crippen MR) is 98.5 cm³/mol. The lowest BCUT2D eigenvalue weighted by Gasteiger charge is -2.30. The van der Waals surface area contributed by atoms with E-state index in [9.17, 15) is 14.4 Å². The van der Waals surface area contributed by atoms with Crippen LogP contribution in [0.2, 0.25) is 0 Å². The molecule has 0 saturated heterocycles. The highest BCUT2D eigenvalue weighted by Crippen LogP contribution is 2.37. The van der Waals surface area contributed by atoms with Gasteiger partial charge < -0.3 is 13.9 Å². The van der Waals surface area contributed by atoms with Gasteiger partial charge in [-0.05, 0) is 18.6 Å². The molecule has 0 atom stereocenters. The van der Waals surface area contributed by atoms with Crippen LogP contribution in [0, 0.1) is 5.41 Å². The van der Waals surface area contributed by atoms with Crippen molar-refractivity contribution in [2.75, 3.05) is 0 Å². The average Bonchev–Trinajstić information content (AvgIpc) is 3.30. The molecule has 0 N–H and O–H groups in total. The highest BCUT2D eigenvalue weighted by molar-refractivity contribution is 6.11. The lowest BCUT2D eigenvalue weighted by molar-refractivity contribution is -0.140. The summed E-state index contributed by atoms with van der Waals surface area (Å²) >= 11 is 0. The van der Waals surface area contributed by atoms with Gasteiger partial charge in [-0.2, -0.15) is 4.98 Å². The Morgan fingerprint density at radius 3 is 2.68 bits per heavy atom. The van der Waals surface area contributed by atoms with Crippen LogP contribution in [0.25, 0.3) is 11.0 Å². The lowest BCUT2D eigenvalue weighted by atomic mass is 9.71. The van der Waals surface area contributed by atoms with Crippen LogP contribution in [0.5, 0.6) is 0 Å². The smallest absolute Gasteiger partial charge is 0.213 e. The van der Waals surface area contributed by atoms with Crippen LogP contribution < -0.4 is 0 Å². The van der Waals surface area contributed by atoms with Gasteiger partial charge in [-0.25, -0.2) is 4.98 Å². The fourth-order valence-corrected chi connectivity index (χ4v) is 3.86. The molecule has 0 spiro atoms. The van der Waals surface area contributed by atoms with E-state index in [1.807, 2.05) is 28.8 Å². The molecule has 1 aliphatic carbocycles. The molecular formula is C20H20N4O4. The summed E-state index contributed by atoms with van der Waals surface area (Å²) in [4.78, 5) is 45.6. The number of carbonyl (C=O) groups excluding carboxylic acids is 3. The minimum absolute atomic E-state index is 0.0545. The maximum absolute atomic E-state index is 12.8. The molecule has 28 heavy (non-hydrogen) atoms. The summed E-state index contributed by atoms with van der Waals surface area (Å²) in [6.07, 6.45) is 3.42. The summed E-state index contributed by atoms with van der Waals surface area (Å²) in [5.41, 5.74) is 0.691. The molecule has 8 nitrogen and oxygen atoms in total. The number of rotatable bonds is 6. The number of aldehydes is 1. The third kappa shape index (κ3) is 3.26. The highest BCUT2D eigenvalue weighted by Gasteiger charge is 2.44. The summed E-state index contributed by atoms with van der Waals surface area (Å²) in [7, 11) is 0. The molecule has 0 aliphatic heterocycles. The van der Waals surface area contributed by atoms with Gasteiger partial charge in [0.1, 0.15) is 18.0 Å². The standard InChI is InChI=1S/C20H20N4O4/c1-20(11-25)9-15(26)18(16(27)10-20)19-22-13-5-2-3-6-14(13)24(19)8-4-7-17-21-12-28-23-17/h2-3,5-6,11-12,18H,4,7-10H2,1H3. The van der Waals surface area contributed by atoms with Gasteiger partial charge in [-0.3, -0.25) is 9.59 Å². The van der Waals surface area contributed by atoms with Gasteiger partial charge in [0, 0.05) is 31.2 Å². The van der Waals surface area contributed by atoms with Gasteiger partial charge in [-0.15, -0.1) is 0 Å². The molecule has 8 heteroatoms. The van der Waals surface area contributed by atoms with E-state index in [-0.39, 0.29) is 24.4 Å². The zero-order valence-electron chi connectivity index (χ0n) is 15.5. The molecule has 2 heterocycles. The molecule has 4 rings (SSSR count). The number of hydrogen-bond donors (Lipinski definition) is 0. The molecule has 144 valence electrons. The molecule has 3 aromatic rings. The second kappa shape index (κ2) is 7.10. The number of para-hydroxylation sites is 2. The van der Waals surface area contributed by atoms with Crippen LogP contribution in [0.4, 0.5) is 0 Å². The van der Waals surface area contributed by atoms with Gasteiger partial charge in [0.15, 0.2) is 17.4 Å². The Balaban J connectivity index is 1.67. The van der Waals surface area contributed by atoms with Crippen molar-refractivity contribution in [2.24, 2.45) is 5.41 Å². The highest BCUT2D eigenvalue weighted by atomic mass is 16.5. The first-order chi connectivity index (χ1) is 13.5. The number of carbonyl (C=O) groups is 3. The maximum atomic E-state index is 12.8. The molecular weight excluding hydrogens is 360 g/mol. The number of Topliss-reactive ketones (excluding diaryl/α,β-unsaturated/α-hetero) is 2. The maximum Gasteiger partial charge on any atom is 0.213 e. The normalized spacial score (nSPS) is 22.7. The van der Waals surface area contributed by atoms with Crippen molar-refractivity contribution in [1.82, 2.24) is 19.7 Å². The van der Waals surface area contributed by atoms with Crippen LogP contribution in [-0.4, -0.2) is 37.5 Å². The SMILES string of the molecule is CC1(C=O)CC(=O)C(c2nc3ccccc3n2CCCc2ncon2)C(=O)C1. The summed E-state index contributed by atoms with van der Waals surface area (Å²) in [6.45, 7) is 2.21. The molecule has 2 aromatic heterocycles. The Morgan fingerprint density at radius 2 is 2.00 bits per heavy atom. The number of imidazole rings is 1. The number of benzene rings is 1. The summed E-state index contributed by atoms with van der Waals surface area (Å²) in [5.74, 6) is -0.360. The molecule has 1 aliphatic rings. The zero-order valence-corrected chi connectivity index (χ0v) is 15.5. The van der Waals surface area contributed by atoms with Crippen molar-refractivity contribution in [3.8, 4) is 0 Å². The van der Waals surface area contributed by atoms with Crippen LogP contribution in [-0.2, 0) is 27.3 Å². The van der Waals surface area contributed by atoms with E-state index >= 15 is 0 Å². The average molecular weight is 380 g/mol. The van der Waals surface area contributed by atoms with E-state index in [4.69, 9.17) is 4.52 Å². The Hall–Kier alpha value is -3.16. The lowest BCUT2D eigenvalue weighted by Crippen LogP contribution is -2.39. The van der Waals surface area contributed by atoms with Crippen LogP contribution in [0.1, 0.15) is 43.8 Å². The quantitative estimate of drug-likeness (QED) is 0.477. The first-order valence-corrected chi connectivity index (χ1v) is 9.23. The van der Waals surface area contributed by atoms with Crippen molar-refractivity contribution in [3.05, 3.63) is 42.3 Å². The minimum Gasteiger partial charge on any atom is -0.343 e. The summed E-state index contributed by atoms with van der Waals surface area (Å²) < 4.78 is 6.68. The number of ketones is 2. The van der Waals surface area contributed by atoms with Crippen molar-refractivity contribution in [2.45, 2.75) is 45.1 Å². The monoisotopic (exact) mass is 380 g/mol. The summed E-state index contributed by atoms with van der Waals surface area (Å²) in [5, 5.41) is 3.81. The fourth-order valence-electron chi connectivity index (χ4n) is 3.86. The topological polar surface area (TPSA) is 108 Å². The zero-order chi connectivity index (χ0) is 19.7. The first kappa shape index (κ1) is 18.2. The van der Waals surface area contributed by atoms with Crippen LogP contribution in [0.3, 0.4) is 0 Å². The molecule has 0 radical (unpaired) electrons. The number of aromatic nitrogens is 4. The van der Waals surface area contributed by atoms with E-state index in [0.29, 0.717) is 37.3 Å². The van der Waals surface area contributed by atoms with E-state index < -0.39 is 11.3 Å². The molecule has 1 saturated carbocycles. The van der Waals surface area contributed by atoms with E-state index in [1.54, 1.807) is 6.92 Å². The second-order valence-corrected chi connectivity index (χ2v) is 7.55. The third-order valence-corrected chi connectivity index (χ3v) is 5.22. The number of nitrogens with zero attached hydrogens (tertiary/aromatic N) is 4. The van der Waals surface area contributed by atoms with Gasteiger partial charge in [-0.1, -0.05) is 24.2 Å². The van der Waals surface area contributed by atoms with Crippen LogP contribution in [0.15, 0.2) is 35.2 Å². The van der Waals surface area contributed by atoms with Crippen LogP contribution >= 0.6 is 0 Å². The predicted octanol–water partition coefficient (Wildman–Crippen LogP) is 2.27. The molecule has 1 aromatic carbocycles. The van der Waals surface area contributed by atoms with Gasteiger partial charge in [0.25, 0.3) is 0 Å². The largest absolute Gasteiger partial charge is 0.343 e. The second-order valence-electron chi connectivity index (χ2n) is 7.55. The molecule has 1 fully saturated rings. The number of fused-ring (bicyclic) bond motifs is 1. The van der Waals surface area contributed by atoms with Crippen molar-refractivity contribution < 1.29 is 18.9 Å². The van der Waals surface area contributed by atoms with E-state index in [0.717, 1.165) is 11.0 Å². The van der Waals surface area contributed by atoms with Gasteiger partial charge in [0.05, 0.1) is 11.0 Å². The number of hydrogen-bond acceptors (Lipinski definition) is 7. The molecule has 0 amide bonds. The Kier molecular flexibility index (Phi) is 4.62. The van der Waals surface area contributed by atoms with Crippen molar-refractivity contribution >= 4 is 28.9 Å². The first-order valence-electron chi connectivity index (χ1n) is 9.23. The van der Waals surface area contributed by atoms with Crippen molar-refractivity contribution in [3.63, 3.8) is 0 Å². The van der Waals surface area contributed by atoms with E-state index in [2.05, 4.69) is 15.1 Å². The Bertz CT molecular complexity index is 1020. The Labute approximate surface area is 160 Å². The third-order valence-electron chi connectivity index (χ3n) is 5.22. The fraction of sp³-hybridized carbons (Fsp3) is 0.400. The number of aryl methyl sites for hydroxylation is 2. The van der Waals surface area contributed by atoms with E-state index in [1.165, 1.54) is 6.39 Å². The molecule has 0 bridgehead atoms. The Morgan fingerprint density at radius 1 is 1.25 bits per heavy atom.